The topological polar surface area (TPSA) is 64.7 Å². The lowest BCUT2D eigenvalue weighted by Crippen LogP contribution is -2.16. The fourth-order valence-electron chi connectivity index (χ4n) is 5.04. The number of halogens is 2. The normalized spacial score (nSPS) is 12.7. The van der Waals surface area contributed by atoms with Gasteiger partial charge in [0.1, 0.15) is 19.0 Å². The van der Waals surface area contributed by atoms with Crippen LogP contribution in [0.15, 0.2) is 78.9 Å². The first-order valence-electron chi connectivity index (χ1n) is 13.6. The first-order valence-corrected chi connectivity index (χ1v) is 14.4. The number of nitrogens with two attached hydrogens (primary N) is 1. The minimum atomic E-state index is 0.0811. The van der Waals surface area contributed by atoms with Crippen molar-refractivity contribution in [2.45, 2.75) is 39.0 Å². The van der Waals surface area contributed by atoms with Gasteiger partial charge in [-0.3, -0.25) is 0 Å². The van der Waals surface area contributed by atoms with Crippen molar-refractivity contribution < 1.29 is 14.6 Å². The molecular formula is C34H37Cl2NO3. The van der Waals surface area contributed by atoms with Crippen LogP contribution in [0.2, 0.25) is 10.0 Å². The Hall–Kier alpha value is -3.02. The number of aliphatic hydroxyl groups is 1. The third-order valence-electron chi connectivity index (χ3n) is 7.22. The molecule has 0 saturated heterocycles. The van der Waals surface area contributed by atoms with E-state index in [0.29, 0.717) is 35.6 Å². The molecule has 0 spiro atoms. The van der Waals surface area contributed by atoms with Gasteiger partial charge in [-0.25, -0.2) is 0 Å². The summed E-state index contributed by atoms with van der Waals surface area (Å²) in [7, 11) is 0. The van der Waals surface area contributed by atoms with Crippen molar-refractivity contribution in [3.63, 3.8) is 0 Å². The van der Waals surface area contributed by atoms with Gasteiger partial charge in [0, 0.05) is 18.4 Å². The largest absolute Gasteiger partial charge is 0.490 e. The van der Waals surface area contributed by atoms with Crippen molar-refractivity contribution >= 4 is 23.2 Å². The van der Waals surface area contributed by atoms with Crippen molar-refractivity contribution in [2.24, 2.45) is 5.73 Å². The van der Waals surface area contributed by atoms with Crippen molar-refractivity contribution in [1.29, 1.82) is 0 Å². The summed E-state index contributed by atoms with van der Waals surface area (Å²) in [6.45, 7) is 7.51. The lowest BCUT2D eigenvalue weighted by Gasteiger charge is -2.20. The predicted octanol–water partition coefficient (Wildman–Crippen LogP) is 8.12. The van der Waals surface area contributed by atoms with E-state index in [1.807, 2.05) is 50.2 Å². The van der Waals surface area contributed by atoms with Crippen LogP contribution in [0, 0.1) is 13.8 Å². The molecule has 210 valence electrons. The molecule has 0 aliphatic carbocycles. The van der Waals surface area contributed by atoms with Crippen molar-refractivity contribution in [3.8, 4) is 22.6 Å². The van der Waals surface area contributed by atoms with Gasteiger partial charge in [0.15, 0.2) is 5.75 Å². The Bertz CT molecular complexity index is 1400. The molecule has 0 aliphatic rings. The van der Waals surface area contributed by atoms with E-state index in [1.165, 1.54) is 16.7 Å². The summed E-state index contributed by atoms with van der Waals surface area (Å²) >= 11 is 12.5. The summed E-state index contributed by atoms with van der Waals surface area (Å²) in [4.78, 5) is 0. The summed E-state index contributed by atoms with van der Waals surface area (Å²) in [5, 5.41) is 10.7. The van der Waals surface area contributed by atoms with Crippen molar-refractivity contribution in [1.82, 2.24) is 0 Å². The van der Waals surface area contributed by atoms with Gasteiger partial charge in [0.25, 0.3) is 0 Å². The highest BCUT2D eigenvalue weighted by atomic mass is 35.5. The molecule has 0 fully saturated rings. The zero-order chi connectivity index (χ0) is 28.6. The quantitative estimate of drug-likeness (QED) is 0.167. The van der Waals surface area contributed by atoms with Gasteiger partial charge in [-0.05, 0) is 90.0 Å². The molecule has 0 bridgehead atoms. The fraction of sp³-hybridized carbons (Fsp3) is 0.294. The Labute approximate surface area is 247 Å². The van der Waals surface area contributed by atoms with E-state index in [1.54, 1.807) is 0 Å². The van der Waals surface area contributed by atoms with Gasteiger partial charge in [-0.15, -0.1) is 0 Å². The second-order valence-electron chi connectivity index (χ2n) is 10.3. The smallest absolute Gasteiger partial charge is 0.156 e. The van der Waals surface area contributed by atoms with Gasteiger partial charge in [-0.2, -0.15) is 0 Å². The van der Waals surface area contributed by atoms with Crippen LogP contribution in [0.25, 0.3) is 11.1 Å². The molecule has 4 aromatic rings. The Morgan fingerprint density at radius 3 is 2.15 bits per heavy atom. The van der Waals surface area contributed by atoms with Gasteiger partial charge in [-0.1, -0.05) is 84.7 Å². The average Bonchev–Trinajstić information content (AvgIpc) is 2.95. The van der Waals surface area contributed by atoms with E-state index in [0.717, 1.165) is 34.4 Å². The van der Waals surface area contributed by atoms with Crippen LogP contribution in [0.1, 0.15) is 46.6 Å². The second kappa shape index (κ2) is 14.0. The van der Waals surface area contributed by atoms with Gasteiger partial charge in [0.05, 0.1) is 10.0 Å². The van der Waals surface area contributed by atoms with E-state index in [2.05, 4.69) is 49.4 Å². The second-order valence-corrected chi connectivity index (χ2v) is 11.1. The molecule has 0 heterocycles. The van der Waals surface area contributed by atoms with Crippen LogP contribution >= 0.6 is 23.2 Å². The van der Waals surface area contributed by atoms with E-state index >= 15 is 0 Å². The maximum Gasteiger partial charge on any atom is 0.156 e. The molecule has 2 atom stereocenters. The molecule has 40 heavy (non-hydrogen) atoms. The SMILES string of the molecule is Cc1cc(Cl)c(OCCOc2ccc(CC(CN)c3ccc(-c4ccccc4C(C)CO)cc3C)cc2)c(Cl)c1. The van der Waals surface area contributed by atoms with Crippen LogP contribution in [0.3, 0.4) is 0 Å². The molecular weight excluding hydrogens is 541 g/mol. The monoisotopic (exact) mass is 577 g/mol. The fourth-order valence-corrected chi connectivity index (χ4v) is 5.75. The van der Waals surface area contributed by atoms with Gasteiger partial charge >= 0.3 is 0 Å². The summed E-state index contributed by atoms with van der Waals surface area (Å²) in [5.74, 6) is 1.53. The maximum absolute atomic E-state index is 9.71. The molecule has 0 amide bonds. The molecule has 4 rings (SSSR count). The first-order chi connectivity index (χ1) is 19.3. The lowest BCUT2D eigenvalue weighted by atomic mass is 9.86. The number of hydrogen-bond donors (Lipinski definition) is 2. The predicted molar refractivity (Wildman–Crippen MR) is 166 cm³/mol. The summed E-state index contributed by atoms with van der Waals surface area (Å²) in [5.41, 5.74) is 14.4. The van der Waals surface area contributed by atoms with Crippen molar-refractivity contribution in [2.75, 3.05) is 26.4 Å². The number of aryl methyl sites for hydroxylation is 2. The molecule has 6 heteroatoms. The van der Waals surface area contributed by atoms with Crippen LogP contribution in [0.5, 0.6) is 11.5 Å². The Morgan fingerprint density at radius 1 is 0.825 bits per heavy atom. The first kappa shape index (κ1) is 30.0. The average molecular weight is 579 g/mol. The Balaban J connectivity index is 1.37. The maximum atomic E-state index is 9.71. The van der Waals surface area contributed by atoms with Crippen molar-refractivity contribution in [3.05, 3.63) is 117 Å². The Morgan fingerprint density at radius 2 is 1.50 bits per heavy atom. The number of ether oxygens (including phenoxy) is 2. The minimum Gasteiger partial charge on any atom is -0.490 e. The molecule has 2 unspecified atom stereocenters. The summed E-state index contributed by atoms with van der Waals surface area (Å²) in [6.07, 6.45) is 0.836. The Kier molecular flexibility index (Phi) is 10.5. The molecule has 3 N–H and O–H groups in total. The van der Waals surface area contributed by atoms with Crippen LogP contribution < -0.4 is 15.2 Å². The lowest BCUT2D eigenvalue weighted by molar-refractivity contribution is 0.217. The van der Waals surface area contributed by atoms with Crippen LogP contribution in [-0.2, 0) is 6.42 Å². The summed E-state index contributed by atoms with van der Waals surface area (Å²) in [6, 6.07) is 26.7. The number of rotatable bonds is 12. The highest BCUT2D eigenvalue weighted by Gasteiger charge is 2.16. The molecule has 0 radical (unpaired) electrons. The van der Waals surface area contributed by atoms with Crippen LogP contribution in [-0.4, -0.2) is 31.5 Å². The highest BCUT2D eigenvalue weighted by Crippen LogP contribution is 2.34. The van der Waals surface area contributed by atoms with E-state index in [9.17, 15) is 5.11 Å². The highest BCUT2D eigenvalue weighted by molar-refractivity contribution is 6.37. The third-order valence-corrected chi connectivity index (χ3v) is 7.78. The zero-order valence-corrected chi connectivity index (χ0v) is 24.8. The number of aliphatic hydroxyl groups excluding tert-OH is 1. The molecule has 0 aliphatic heterocycles. The standard InChI is InChI=1S/C34H37Cl2NO3/c1-22-16-32(35)34(33(36)17-22)40-15-14-39-28-11-8-25(9-12-28)19-27(20-37)29-13-10-26(18-23(29)2)31-7-5-4-6-30(31)24(3)21-38/h4-13,16-18,24,27,38H,14-15,19-21,37H2,1-3H3. The third kappa shape index (κ3) is 7.38. The van der Waals surface area contributed by atoms with E-state index in [4.69, 9.17) is 38.4 Å². The number of benzene rings is 4. The van der Waals surface area contributed by atoms with Gasteiger partial charge in [0.2, 0.25) is 0 Å². The zero-order valence-electron chi connectivity index (χ0n) is 23.3. The molecule has 0 saturated carbocycles. The van der Waals surface area contributed by atoms with Gasteiger partial charge < -0.3 is 20.3 Å². The molecule has 4 nitrogen and oxygen atoms in total. The summed E-state index contributed by atoms with van der Waals surface area (Å²) < 4.78 is 11.6. The van der Waals surface area contributed by atoms with Crippen LogP contribution in [0.4, 0.5) is 0 Å². The van der Waals surface area contributed by atoms with E-state index in [-0.39, 0.29) is 18.4 Å². The van der Waals surface area contributed by atoms with E-state index < -0.39 is 0 Å². The minimum absolute atomic E-state index is 0.0811. The molecule has 4 aromatic carbocycles. The molecule has 0 aromatic heterocycles. The number of hydrogen-bond acceptors (Lipinski definition) is 4.